The van der Waals surface area contributed by atoms with Gasteiger partial charge in [-0.2, -0.15) is 18.2 Å². The first-order chi connectivity index (χ1) is 15.7. The zero-order chi connectivity index (χ0) is 23.6. The SMILES string of the molecule is CN1C(=O)C[C@@H](C(=O)N2CCOC(COc3ccnc(C(F)(F)F)n3)C2)[C@@H]1c1cccnc1. The molecule has 4 heterocycles. The third kappa shape index (κ3) is 5.05. The van der Waals surface area contributed by atoms with Crippen molar-refractivity contribution in [3.63, 3.8) is 0 Å². The van der Waals surface area contributed by atoms with Gasteiger partial charge in [-0.25, -0.2) is 4.98 Å². The Morgan fingerprint density at radius 2 is 2.12 bits per heavy atom. The highest BCUT2D eigenvalue weighted by atomic mass is 19.4. The first kappa shape index (κ1) is 22.9. The number of likely N-dealkylation sites (tertiary alicyclic amines) is 1. The summed E-state index contributed by atoms with van der Waals surface area (Å²) < 4.78 is 49.3. The van der Waals surface area contributed by atoms with Crippen molar-refractivity contribution in [2.24, 2.45) is 5.92 Å². The maximum Gasteiger partial charge on any atom is 0.451 e. The van der Waals surface area contributed by atoms with Gasteiger partial charge in [-0.1, -0.05) is 6.07 Å². The molecule has 12 heteroatoms. The molecule has 2 aromatic heterocycles. The van der Waals surface area contributed by atoms with Gasteiger partial charge < -0.3 is 19.3 Å². The van der Waals surface area contributed by atoms with Crippen LogP contribution in [0.4, 0.5) is 13.2 Å². The van der Waals surface area contributed by atoms with Crippen molar-refractivity contribution in [2.75, 3.05) is 33.4 Å². The van der Waals surface area contributed by atoms with Crippen LogP contribution in [0.1, 0.15) is 23.9 Å². The third-order valence-electron chi connectivity index (χ3n) is 5.68. The summed E-state index contributed by atoms with van der Waals surface area (Å²) in [5.74, 6) is -2.40. The maximum atomic E-state index is 13.3. The Hall–Kier alpha value is -3.28. The average Bonchev–Trinajstić information content (AvgIpc) is 3.12. The number of carbonyl (C=O) groups is 2. The minimum absolute atomic E-state index is 0.0897. The largest absolute Gasteiger partial charge is 0.475 e. The third-order valence-corrected chi connectivity index (χ3v) is 5.68. The first-order valence-corrected chi connectivity index (χ1v) is 10.3. The fourth-order valence-corrected chi connectivity index (χ4v) is 4.09. The monoisotopic (exact) mass is 465 g/mol. The minimum Gasteiger partial charge on any atom is -0.475 e. The number of amides is 2. The summed E-state index contributed by atoms with van der Waals surface area (Å²) >= 11 is 0. The van der Waals surface area contributed by atoms with E-state index in [0.29, 0.717) is 6.54 Å². The molecule has 0 radical (unpaired) electrons. The van der Waals surface area contributed by atoms with E-state index in [4.69, 9.17) is 9.47 Å². The molecule has 9 nitrogen and oxygen atoms in total. The topological polar surface area (TPSA) is 97.8 Å². The molecular weight excluding hydrogens is 443 g/mol. The molecule has 0 saturated carbocycles. The molecule has 33 heavy (non-hydrogen) atoms. The lowest BCUT2D eigenvalue weighted by Crippen LogP contribution is -2.50. The van der Waals surface area contributed by atoms with E-state index in [2.05, 4.69) is 15.0 Å². The van der Waals surface area contributed by atoms with Crippen molar-refractivity contribution in [1.82, 2.24) is 24.8 Å². The van der Waals surface area contributed by atoms with Crippen LogP contribution in [-0.4, -0.2) is 76.0 Å². The van der Waals surface area contributed by atoms with Gasteiger partial charge in [0.2, 0.25) is 23.5 Å². The van der Waals surface area contributed by atoms with Crippen LogP contribution < -0.4 is 4.74 Å². The van der Waals surface area contributed by atoms with Crippen molar-refractivity contribution >= 4 is 11.8 Å². The van der Waals surface area contributed by atoms with Crippen LogP contribution in [0, 0.1) is 5.92 Å². The number of hydrogen-bond acceptors (Lipinski definition) is 7. The Bertz CT molecular complexity index is 1010. The molecule has 4 rings (SSSR count). The van der Waals surface area contributed by atoms with Crippen LogP contribution in [-0.2, 0) is 20.5 Å². The lowest BCUT2D eigenvalue weighted by Gasteiger charge is -2.35. The van der Waals surface area contributed by atoms with Crippen LogP contribution in [0.25, 0.3) is 0 Å². The predicted molar refractivity (Wildman–Crippen MR) is 107 cm³/mol. The molecule has 2 saturated heterocycles. The summed E-state index contributed by atoms with van der Waals surface area (Å²) in [7, 11) is 1.67. The molecule has 2 aromatic rings. The van der Waals surface area contributed by atoms with Gasteiger partial charge in [0, 0.05) is 44.7 Å². The van der Waals surface area contributed by atoms with Gasteiger partial charge in [0.25, 0.3) is 0 Å². The van der Waals surface area contributed by atoms with E-state index in [1.165, 1.54) is 6.07 Å². The van der Waals surface area contributed by atoms with Crippen LogP contribution >= 0.6 is 0 Å². The number of ether oxygens (including phenoxy) is 2. The number of alkyl halides is 3. The summed E-state index contributed by atoms with van der Waals surface area (Å²) in [5.41, 5.74) is 0.779. The second kappa shape index (κ2) is 9.30. The summed E-state index contributed by atoms with van der Waals surface area (Å²) in [5, 5.41) is 0. The summed E-state index contributed by atoms with van der Waals surface area (Å²) in [6.07, 6.45) is -0.908. The molecular formula is C21H22F3N5O4. The number of rotatable bonds is 5. The number of halogens is 3. The normalized spacial score (nSPS) is 23.6. The standard InChI is InChI=1S/C21H22F3N5O4/c1-28-17(30)9-15(18(28)13-3-2-5-25-10-13)19(31)29-7-8-32-14(11-29)12-33-16-4-6-26-20(27-16)21(22,23)24/h2-6,10,14-15,18H,7-9,11-12H2,1H3/t14?,15-,18+/m1/s1. The Morgan fingerprint density at radius 1 is 1.30 bits per heavy atom. The van der Waals surface area contributed by atoms with Crippen molar-refractivity contribution < 1.29 is 32.2 Å². The highest BCUT2D eigenvalue weighted by Gasteiger charge is 2.45. The van der Waals surface area contributed by atoms with Gasteiger partial charge in [-0.05, 0) is 11.6 Å². The molecule has 2 aliphatic heterocycles. The number of pyridine rings is 1. The van der Waals surface area contributed by atoms with Gasteiger partial charge >= 0.3 is 6.18 Å². The van der Waals surface area contributed by atoms with Crippen molar-refractivity contribution in [3.05, 3.63) is 48.2 Å². The van der Waals surface area contributed by atoms with E-state index in [1.807, 2.05) is 6.07 Å². The number of nitrogens with zero attached hydrogens (tertiary/aromatic N) is 5. The molecule has 2 aliphatic rings. The second-order valence-corrected chi connectivity index (χ2v) is 7.85. The van der Waals surface area contributed by atoms with Gasteiger partial charge in [-0.15, -0.1) is 0 Å². The van der Waals surface area contributed by atoms with Crippen molar-refractivity contribution in [3.8, 4) is 5.88 Å². The van der Waals surface area contributed by atoms with E-state index in [9.17, 15) is 22.8 Å². The highest BCUT2D eigenvalue weighted by molar-refractivity contribution is 5.90. The van der Waals surface area contributed by atoms with Crippen molar-refractivity contribution in [1.29, 1.82) is 0 Å². The van der Waals surface area contributed by atoms with Gasteiger partial charge in [0.05, 0.1) is 25.1 Å². The molecule has 0 N–H and O–H groups in total. The first-order valence-electron chi connectivity index (χ1n) is 10.3. The Balaban J connectivity index is 1.41. The van der Waals surface area contributed by atoms with E-state index in [-0.39, 0.29) is 43.9 Å². The van der Waals surface area contributed by atoms with E-state index in [0.717, 1.165) is 11.8 Å². The van der Waals surface area contributed by atoms with Crippen LogP contribution in [0.2, 0.25) is 0 Å². The lowest BCUT2D eigenvalue weighted by molar-refractivity contribution is -0.146. The van der Waals surface area contributed by atoms with Gasteiger partial charge in [0.1, 0.15) is 12.7 Å². The Kier molecular flexibility index (Phi) is 6.45. The van der Waals surface area contributed by atoms with Gasteiger partial charge in [0.15, 0.2) is 0 Å². The smallest absolute Gasteiger partial charge is 0.451 e. The molecule has 2 fully saturated rings. The summed E-state index contributed by atoms with van der Waals surface area (Å²) in [4.78, 5) is 39.5. The molecule has 0 aliphatic carbocycles. The fraction of sp³-hybridized carbons (Fsp3) is 0.476. The van der Waals surface area contributed by atoms with E-state index in [1.54, 1.807) is 35.3 Å². The molecule has 1 unspecified atom stereocenters. The Labute approximate surface area is 187 Å². The lowest BCUT2D eigenvalue weighted by atomic mass is 9.93. The van der Waals surface area contributed by atoms with Crippen molar-refractivity contribution in [2.45, 2.75) is 24.7 Å². The zero-order valence-electron chi connectivity index (χ0n) is 17.7. The molecule has 176 valence electrons. The van der Waals surface area contributed by atoms with Gasteiger partial charge in [-0.3, -0.25) is 14.6 Å². The summed E-state index contributed by atoms with van der Waals surface area (Å²) in [6, 6.07) is 4.39. The molecule has 0 aromatic carbocycles. The van der Waals surface area contributed by atoms with Crippen LogP contribution in [0.3, 0.4) is 0 Å². The molecule has 3 atom stereocenters. The summed E-state index contributed by atoms with van der Waals surface area (Å²) in [6.45, 7) is 0.679. The molecule has 0 bridgehead atoms. The number of hydrogen-bond donors (Lipinski definition) is 0. The quantitative estimate of drug-likeness (QED) is 0.663. The number of carbonyl (C=O) groups excluding carboxylic acids is 2. The molecule has 0 spiro atoms. The maximum absolute atomic E-state index is 13.3. The van der Waals surface area contributed by atoms with Crippen LogP contribution in [0.15, 0.2) is 36.8 Å². The number of aromatic nitrogens is 3. The highest BCUT2D eigenvalue weighted by Crippen LogP contribution is 2.38. The van der Waals surface area contributed by atoms with E-state index < -0.39 is 30.1 Å². The fourth-order valence-electron chi connectivity index (χ4n) is 4.09. The molecule has 2 amide bonds. The van der Waals surface area contributed by atoms with E-state index >= 15 is 0 Å². The minimum atomic E-state index is -4.68. The van der Waals surface area contributed by atoms with Crippen LogP contribution in [0.5, 0.6) is 5.88 Å². The zero-order valence-corrected chi connectivity index (χ0v) is 17.7. The second-order valence-electron chi connectivity index (χ2n) is 7.85. The average molecular weight is 465 g/mol. The Morgan fingerprint density at radius 3 is 2.85 bits per heavy atom. The number of morpholine rings is 1. The predicted octanol–water partition coefficient (Wildman–Crippen LogP) is 1.72.